The second kappa shape index (κ2) is 7.16. The van der Waals surface area contributed by atoms with Crippen molar-refractivity contribution in [2.75, 3.05) is 35.7 Å². The highest BCUT2D eigenvalue weighted by molar-refractivity contribution is 9.10. The Kier molecular flexibility index (Phi) is 6.17. The van der Waals surface area contributed by atoms with Crippen LogP contribution >= 0.6 is 27.7 Å². The van der Waals surface area contributed by atoms with Crippen LogP contribution in [0.15, 0.2) is 10.7 Å². The molecular weight excluding hydrogens is 316 g/mol. The number of nitrogens with zero attached hydrogens (tertiary/aromatic N) is 2. The van der Waals surface area contributed by atoms with Gasteiger partial charge in [-0.2, -0.15) is 16.7 Å². The molecule has 0 radical (unpaired) electrons. The summed E-state index contributed by atoms with van der Waals surface area (Å²) in [4.78, 5) is 8.46. The molecule has 1 unspecified atom stereocenters. The van der Waals surface area contributed by atoms with Gasteiger partial charge in [0.15, 0.2) is 0 Å². The van der Waals surface area contributed by atoms with Gasteiger partial charge in [-0.25, -0.2) is 4.98 Å². The topological polar surface area (TPSA) is 70.1 Å². The molecule has 0 aliphatic rings. The minimum atomic E-state index is -0.762. The van der Waals surface area contributed by atoms with Gasteiger partial charge in [0.05, 0.1) is 10.1 Å². The minimum absolute atomic E-state index is 0.440. The fraction of sp³-hybridized carbons (Fsp3) is 0.636. The molecule has 7 heteroatoms. The van der Waals surface area contributed by atoms with Crippen LogP contribution in [0.25, 0.3) is 0 Å². The summed E-state index contributed by atoms with van der Waals surface area (Å²) in [5.41, 5.74) is -0.762. The molecule has 0 fully saturated rings. The van der Waals surface area contributed by atoms with Crippen molar-refractivity contribution in [1.29, 1.82) is 0 Å². The zero-order chi connectivity index (χ0) is 13.6. The number of halogens is 1. The molecule has 1 atom stereocenters. The standard InChI is InChI=1S/C11H19BrN4OS/c1-4-13-10-14-5-8(12)9(16-10)15-6-11(2,17)7-18-3/h5,17H,4,6-7H2,1-3H3,(H2,13,14,15,16). The molecule has 1 heterocycles. The van der Waals surface area contributed by atoms with Crippen LogP contribution in [-0.4, -0.2) is 45.8 Å². The number of anilines is 2. The zero-order valence-electron chi connectivity index (χ0n) is 10.8. The summed E-state index contributed by atoms with van der Waals surface area (Å²) in [5, 5.41) is 16.3. The Balaban J connectivity index is 2.68. The van der Waals surface area contributed by atoms with Crippen molar-refractivity contribution >= 4 is 39.5 Å². The van der Waals surface area contributed by atoms with Crippen molar-refractivity contribution in [3.8, 4) is 0 Å². The van der Waals surface area contributed by atoms with Crippen LogP contribution in [0.4, 0.5) is 11.8 Å². The van der Waals surface area contributed by atoms with Crippen molar-refractivity contribution in [3.63, 3.8) is 0 Å². The number of hydrogen-bond donors (Lipinski definition) is 3. The van der Waals surface area contributed by atoms with Crippen molar-refractivity contribution < 1.29 is 5.11 Å². The summed E-state index contributed by atoms with van der Waals surface area (Å²) < 4.78 is 0.782. The third-order valence-corrected chi connectivity index (χ3v) is 3.66. The van der Waals surface area contributed by atoms with Crippen LogP contribution in [0.2, 0.25) is 0 Å². The van der Waals surface area contributed by atoms with E-state index < -0.39 is 5.60 Å². The average Bonchev–Trinajstić information content (AvgIpc) is 2.30. The first-order valence-corrected chi connectivity index (χ1v) is 7.89. The van der Waals surface area contributed by atoms with E-state index in [1.54, 1.807) is 24.9 Å². The third-order valence-electron chi connectivity index (χ3n) is 2.17. The van der Waals surface area contributed by atoms with E-state index in [0.29, 0.717) is 24.1 Å². The van der Waals surface area contributed by atoms with Gasteiger partial charge in [-0.3, -0.25) is 0 Å². The SMILES string of the molecule is CCNc1ncc(Br)c(NCC(C)(O)CSC)n1. The summed E-state index contributed by atoms with van der Waals surface area (Å²) in [5.74, 6) is 1.93. The highest BCUT2D eigenvalue weighted by Gasteiger charge is 2.20. The summed E-state index contributed by atoms with van der Waals surface area (Å²) in [7, 11) is 0. The first-order valence-electron chi connectivity index (χ1n) is 5.70. The molecule has 1 aromatic heterocycles. The lowest BCUT2D eigenvalue weighted by Crippen LogP contribution is -2.36. The zero-order valence-corrected chi connectivity index (χ0v) is 13.2. The van der Waals surface area contributed by atoms with Crippen molar-refractivity contribution in [3.05, 3.63) is 10.7 Å². The number of aliphatic hydroxyl groups is 1. The molecule has 0 aromatic carbocycles. The largest absolute Gasteiger partial charge is 0.387 e. The molecule has 0 aliphatic carbocycles. The molecule has 0 saturated carbocycles. The molecule has 0 spiro atoms. The lowest BCUT2D eigenvalue weighted by Gasteiger charge is -2.23. The van der Waals surface area contributed by atoms with Gasteiger partial charge in [0.2, 0.25) is 5.95 Å². The molecule has 5 nitrogen and oxygen atoms in total. The second-order valence-electron chi connectivity index (χ2n) is 4.20. The molecule has 0 bridgehead atoms. The summed E-state index contributed by atoms with van der Waals surface area (Å²) >= 11 is 5.00. The molecule has 1 rings (SSSR count). The monoisotopic (exact) mass is 334 g/mol. The Morgan fingerprint density at radius 1 is 1.50 bits per heavy atom. The molecular formula is C11H19BrN4OS. The first-order chi connectivity index (χ1) is 8.48. The Morgan fingerprint density at radius 2 is 2.22 bits per heavy atom. The molecule has 0 aliphatic heterocycles. The number of hydrogen-bond acceptors (Lipinski definition) is 6. The molecule has 0 amide bonds. The molecule has 18 heavy (non-hydrogen) atoms. The van der Waals surface area contributed by atoms with E-state index in [4.69, 9.17) is 0 Å². The van der Waals surface area contributed by atoms with Gasteiger partial charge in [0, 0.05) is 25.0 Å². The lowest BCUT2D eigenvalue weighted by atomic mass is 10.1. The Morgan fingerprint density at radius 3 is 2.83 bits per heavy atom. The molecule has 1 aromatic rings. The van der Waals surface area contributed by atoms with Crippen molar-refractivity contribution in [1.82, 2.24) is 9.97 Å². The van der Waals surface area contributed by atoms with E-state index in [1.807, 2.05) is 13.2 Å². The second-order valence-corrected chi connectivity index (χ2v) is 5.92. The minimum Gasteiger partial charge on any atom is -0.387 e. The highest BCUT2D eigenvalue weighted by atomic mass is 79.9. The maximum absolute atomic E-state index is 10.1. The van der Waals surface area contributed by atoms with E-state index in [0.717, 1.165) is 11.0 Å². The van der Waals surface area contributed by atoms with Gasteiger partial charge in [-0.1, -0.05) is 0 Å². The highest BCUT2D eigenvalue weighted by Crippen LogP contribution is 2.21. The van der Waals surface area contributed by atoms with E-state index in [1.165, 1.54) is 0 Å². The number of rotatable bonds is 7. The van der Waals surface area contributed by atoms with E-state index in [2.05, 4.69) is 36.5 Å². The van der Waals surface area contributed by atoms with E-state index in [-0.39, 0.29) is 0 Å². The number of aromatic nitrogens is 2. The number of thioether (sulfide) groups is 1. The van der Waals surface area contributed by atoms with Crippen molar-refractivity contribution in [2.45, 2.75) is 19.4 Å². The van der Waals surface area contributed by atoms with Gasteiger partial charge in [-0.05, 0) is 36.0 Å². The van der Waals surface area contributed by atoms with Gasteiger partial charge in [-0.15, -0.1) is 0 Å². The first kappa shape index (κ1) is 15.5. The predicted molar refractivity (Wildman–Crippen MR) is 81.4 cm³/mol. The van der Waals surface area contributed by atoms with Crippen LogP contribution in [0, 0.1) is 0 Å². The summed E-state index contributed by atoms with van der Waals surface area (Å²) in [6, 6.07) is 0. The van der Waals surface area contributed by atoms with Gasteiger partial charge in [0.1, 0.15) is 5.82 Å². The van der Waals surface area contributed by atoms with Crippen LogP contribution in [0.1, 0.15) is 13.8 Å². The smallest absolute Gasteiger partial charge is 0.224 e. The Hall–Kier alpha value is -0.530. The molecule has 0 saturated heterocycles. The van der Waals surface area contributed by atoms with Gasteiger partial charge in [0.25, 0.3) is 0 Å². The fourth-order valence-electron chi connectivity index (χ4n) is 1.37. The van der Waals surface area contributed by atoms with E-state index in [9.17, 15) is 5.11 Å². The van der Waals surface area contributed by atoms with Crippen LogP contribution in [-0.2, 0) is 0 Å². The Labute approximate surface area is 120 Å². The normalized spacial score (nSPS) is 14.1. The lowest BCUT2D eigenvalue weighted by molar-refractivity contribution is 0.0996. The van der Waals surface area contributed by atoms with Crippen LogP contribution < -0.4 is 10.6 Å². The molecule has 102 valence electrons. The van der Waals surface area contributed by atoms with Crippen LogP contribution in [0.3, 0.4) is 0 Å². The summed E-state index contributed by atoms with van der Waals surface area (Å²) in [6.07, 6.45) is 3.66. The maximum atomic E-state index is 10.1. The van der Waals surface area contributed by atoms with Gasteiger partial charge < -0.3 is 15.7 Å². The Bertz CT molecular complexity index is 389. The number of nitrogens with one attached hydrogen (secondary N) is 2. The van der Waals surface area contributed by atoms with Crippen LogP contribution in [0.5, 0.6) is 0 Å². The van der Waals surface area contributed by atoms with E-state index >= 15 is 0 Å². The predicted octanol–water partition coefficient (Wildman–Crippen LogP) is 2.20. The maximum Gasteiger partial charge on any atom is 0.224 e. The molecule has 3 N–H and O–H groups in total. The summed E-state index contributed by atoms with van der Waals surface area (Å²) in [6.45, 7) is 5.00. The van der Waals surface area contributed by atoms with Crippen molar-refractivity contribution in [2.24, 2.45) is 0 Å². The van der Waals surface area contributed by atoms with Gasteiger partial charge >= 0.3 is 0 Å². The fourth-order valence-corrected chi connectivity index (χ4v) is 2.43. The quantitative estimate of drug-likeness (QED) is 0.710. The third kappa shape index (κ3) is 4.99. The average molecular weight is 335 g/mol.